The van der Waals surface area contributed by atoms with Gasteiger partial charge < -0.3 is 9.64 Å². The lowest BCUT2D eigenvalue weighted by molar-refractivity contribution is 0.0191. The summed E-state index contributed by atoms with van der Waals surface area (Å²) in [6.07, 6.45) is 5.30. The van der Waals surface area contributed by atoms with Crippen molar-refractivity contribution < 1.29 is 9.53 Å². The van der Waals surface area contributed by atoms with Crippen molar-refractivity contribution in [1.82, 2.24) is 14.9 Å². The molecule has 22 heavy (non-hydrogen) atoms. The summed E-state index contributed by atoms with van der Waals surface area (Å²) in [7, 11) is 0. The number of carbonyl (C=O) groups excluding carboxylic acids is 1. The van der Waals surface area contributed by atoms with Crippen molar-refractivity contribution in [3.05, 3.63) is 18.1 Å². The summed E-state index contributed by atoms with van der Waals surface area (Å²) in [5.74, 6) is 1.65. The molecule has 1 aliphatic heterocycles. The first-order chi connectivity index (χ1) is 10.3. The van der Waals surface area contributed by atoms with Crippen LogP contribution in [0.25, 0.3) is 0 Å². The summed E-state index contributed by atoms with van der Waals surface area (Å²) in [4.78, 5) is 22.5. The third-order valence-corrected chi connectivity index (χ3v) is 4.87. The van der Waals surface area contributed by atoms with Gasteiger partial charge in [0.25, 0.3) is 0 Å². The standard InChI is InChI=1S/C16H25N3O2S/c1-12-14(18-8-7-17-12)22-11-13-5-9-19(10-6-13)15(20)21-16(2,3)4/h7-8,13H,5-6,9-11H2,1-4H3. The predicted molar refractivity (Wildman–Crippen MR) is 88.0 cm³/mol. The van der Waals surface area contributed by atoms with Crippen LogP contribution in [0.4, 0.5) is 4.79 Å². The van der Waals surface area contributed by atoms with Crippen molar-refractivity contribution in [2.24, 2.45) is 5.92 Å². The average molecular weight is 323 g/mol. The van der Waals surface area contributed by atoms with Gasteiger partial charge in [0.15, 0.2) is 0 Å². The molecule has 0 atom stereocenters. The van der Waals surface area contributed by atoms with E-state index in [0.717, 1.165) is 42.4 Å². The van der Waals surface area contributed by atoms with Gasteiger partial charge in [0.1, 0.15) is 10.6 Å². The van der Waals surface area contributed by atoms with Crippen LogP contribution >= 0.6 is 11.8 Å². The molecule has 0 saturated carbocycles. The Morgan fingerprint density at radius 2 is 1.95 bits per heavy atom. The van der Waals surface area contributed by atoms with Gasteiger partial charge in [-0.25, -0.2) is 9.78 Å². The lowest BCUT2D eigenvalue weighted by atomic mass is 9.99. The number of thioether (sulfide) groups is 1. The number of likely N-dealkylation sites (tertiary alicyclic amines) is 1. The quantitative estimate of drug-likeness (QED) is 0.797. The normalized spacial score (nSPS) is 16.6. The van der Waals surface area contributed by atoms with Crippen LogP contribution in [0.1, 0.15) is 39.3 Å². The summed E-state index contributed by atoms with van der Waals surface area (Å²) in [5, 5.41) is 1.01. The second kappa shape index (κ2) is 7.31. The van der Waals surface area contributed by atoms with Crippen LogP contribution < -0.4 is 0 Å². The molecule has 1 amide bonds. The highest BCUT2D eigenvalue weighted by atomic mass is 32.2. The average Bonchev–Trinajstić information content (AvgIpc) is 2.45. The number of carbonyl (C=O) groups is 1. The zero-order chi connectivity index (χ0) is 16.2. The van der Waals surface area contributed by atoms with Crippen molar-refractivity contribution in [2.45, 2.75) is 51.2 Å². The van der Waals surface area contributed by atoms with Crippen LogP contribution in [0, 0.1) is 12.8 Å². The molecule has 2 rings (SSSR count). The van der Waals surface area contributed by atoms with Gasteiger partial charge in [-0.2, -0.15) is 0 Å². The largest absolute Gasteiger partial charge is 0.444 e. The first-order valence-electron chi connectivity index (χ1n) is 7.73. The van der Waals surface area contributed by atoms with Gasteiger partial charge in [0.05, 0.1) is 5.69 Å². The number of rotatable bonds is 3. The first-order valence-corrected chi connectivity index (χ1v) is 8.72. The Labute approximate surface area is 136 Å². The van der Waals surface area contributed by atoms with E-state index >= 15 is 0 Å². The van der Waals surface area contributed by atoms with Gasteiger partial charge in [0.2, 0.25) is 0 Å². The summed E-state index contributed by atoms with van der Waals surface area (Å²) in [6, 6.07) is 0. The van der Waals surface area contributed by atoms with Crippen LogP contribution in [-0.2, 0) is 4.74 Å². The molecular formula is C16H25N3O2S. The zero-order valence-electron chi connectivity index (χ0n) is 13.8. The molecule has 122 valence electrons. The third kappa shape index (κ3) is 5.16. The van der Waals surface area contributed by atoms with Gasteiger partial charge in [-0.3, -0.25) is 4.98 Å². The lowest BCUT2D eigenvalue weighted by Crippen LogP contribution is -2.42. The van der Waals surface area contributed by atoms with E-state index in [1.807, 2.05) is 32.6 Å². The van der Waals surface area contributed by atoms with Crippen molar-refractivity contribution in [3.63, 3.8) is 0 Å². The molecule has 0 unspecified atom stereocenters. The molecule has 1 aliphatic rings. The van der Waals surface area contributed by atoms with Crippen LogP contribution in [0.15, 0.2) is 17.4 Å². The first kappa shape index (κ1) is 17.1. The summed E-state index contributed by atoms with van der Waals surface area (Å²) >= 11 is 1.76. The van der Waals surface area contributed by atoms with Crippen molar-refractivity contribution in [1.29, 1.82) is 0 Å². The highest BCUT2D eigenvalue weighted by Crippen LogP contribution is 2.27. The van der Waals surface area contributed by atoms with Crippen LogP contribution in [-0.4, -0.2) is 45.4 Å². The Morgan fingerprint density at radius 3 is 2.55 bits per heavy atom. The van der Waals surface area contributed by atoms with Crippen LogP contribution in [0.5, 0.6) is 0 Å². The minimum absolute atomic E-state index is 0.191. The predicted octanol–water partition coefficient (Wildman–Crippen LogP) is 3.52. The lowest BCUT2D eigenvalue weighted by Gasteiger charge is -2.33. The second-order valence-corrected chi connectivity index (χ2v) is 7.68. The Hall–Kier alpha value is -1.30. The molecule has 0 aromatic carbocycles. The highest BCUT2D eigenvalue weighted by Gasteiger charge is 2.26. The zero-order valence-corrected chi connectivity index (χ0v) is 14.7. The van der Waals surface area contributed by atoms with E-state index < -0.39 is 5.60 Å². The van der Waals surface area contributed by atoms with E-state index in [-0.39, 0.29) is 6.09 Å². The molecule has 1 aromatic heterocycles. The number of ether oxygens (including phenoxy) is 1. The second-order valence-electron chi connectivity index (χ2n) is 6.67. The minimum Gasteiger partial charge on any atom is -0.444 e. The molecule has 2 heterocycles. The molecule has 1 aromatic rings. The summed E-state index contributed by atoms with van der Waals surface area (Å²) in [5.41, 5.74) is 0.562. The highest BCUT2D eigenvalue weighted by molar-refractivity contribution is 7.99. The van der Waals surface area contributed by atoms with E-state index in [1.165, 1.54) is 0 Å². The number of hydrogen-bond acceptors (Lipinski definition) is 5. The van der Waals surface area contributed by atoms with Crippen molar-refractivity contribution in [3.8, 4) is 0 Å². The molecule has 0 N–H and O–H groups in total. The summed E-state index contributed by atoms with van der Waals surface area (Å²) in [6.45, 7) is 9.24. The Kier molecular flexibility index (Phi) is 5.67. The van der Waals surface area contributed by atoms with E-state index in [2.05, 4.69) is 9.97 Å². The number of hydrogen-bond donors (Lipinski definition) is 0. The fourth-order valence-corrected chi connectivity index (χ4v) is 3.47. The van der Waals surface area contributed by atoms with Gasteiger partial charge in [-0.1, -0.05) is 0 Å². The Morgan fingerprint density at radius 1 is 1.32 bits per heavy atom. The third-order valence-electron chi connectivity index (χ3n) is 3.56. The van der Waals surface area contributed by atoms with E-state index in [9.17, 15) is 4.79 Å². The maximum Gasteiger partial charge on any atom is 0.410 e. The van der Waals surface area contributed by atoms with E-state index in [0.29, 0.717) is 5.92 Å². The number of aryl methyl sites for hydroxylation is 1. The topological polar surface area (TPSA) is 55.3 Å². The fraction of sp³-hybridized carbons (Fsp3) is 0.688. The monoisotopic (exact) mass is 323 g/mol. The van der Waals surface area contributed by atoms with Crippen molar-refractivity contribution >= 4 is 17.9 Å². The van der Waals surface area contributed by atoms with Gasteiger partial charge in [0, 0.05) is 31.2 Å². The maximum atomic E-state index is 12.0. The van der Waals surface area contributed by atoms with Gasteiger partial charge in [-0.15, -0.1) is 11.8 Å². The number of amides is 1. The molecule has 0 aliphatic carbocycles. The molecule has 0 spiro atoms. The summed E-state index contributed by atoms with van der Waals surface area (Å²) < 4.78 is 5.42. The number of aromatic nitrogens is 2. The number of nitrogens with zero attached hydrogens (tertiary/aromatic N) is 3. The van der Waals surface area contributed by atoms with Crippen LogP contribution in [0.3, 0.4) is 0 Å². The smallest absolute Gasteiger partial charge is 0.410 e. The molecule has 0 radical (unpaired) electrons. The maximum absolute atomic E-state index is 12.0. The molecule has 0 bridgehead atoms. The minimum atomic E-state index is -0.423. The Balaban J connectivity index is 1.76. The van der Waals surface area contributed by atoms with Gasteiger partial charge >= 0.3 is 6.09 Å². The van der Waals surface area contributed by atoms with Crippen LogP contribution in [0.2, 0.25) is 0 Å². The molecule has 1 fully saturated rings. The molecule has 1 saturated heterocycles. The van der Waals surface area contributed by atoms with E-state index in [4.69, 9.17) is 4.74 Å². The van der Waals surface area contributed by atoms with E-state index in [1.54, 1.807) is 24.2 Å². The SMILES string of the molecule is Cc1nccnc1SCC1CCN(C(=O)OC(C)(C)C)CC1. The molecule has 5 nitrogen and oxygen atoms in total. The molecule has 6 heteroatoms. The molecular weight excluding hydrogens is 298 g/mol. The van der Waals surface area contributed by atoms with Gasteiger partial charge in [-0.05, 0) is 46.5 Å². The number of piperidine rings is 1. The fourth-order valence-electron chi connectivity index (χ4n) is 2.34. The Bertz CT molecular complexity index is 508. The van der Waals surface area contributed by atoms with Crippen molar-refractivity contribution in [2.75, 3.05) is 18.8 Å².